The third-order valence-corrected chi connectivity index (χ3v) is 3.18. The number of fused-ring (bicyclic) bond motifs is 1. The smallest absolute Gasteiger partial charge is 0.420 e. The number of carbonyl (C=O) groups is 2. The first-order valence-corrected chi connectivity index (χ1v) is 6.53. The van der Waals surface area contributed by atoms with Crippen molar-refractivity contribution in [2.24, 2.45) is 0 Å². The lowest BCUT2D eigenvalue weighted by atomic mass is 10.3. The number of carboxylic acids is 1. The van der Waals surface area contributed by atoms with Crippen LogP contribution in [0.2, 0.25) is 0 Å². The molecule has 7 heteroatoms. The molecule has 0 saturated heterocycles. The topological polar surface area (TPSA) is 92.8 Å². The third-order valence-electron chi connectivity index (χ3n) is 3.18. The van der Waals surface area contributed by atoms with Gasteiger partial charge in [0.05, 0.1) is 5.52 Å². The highest BCUT2D eigenvalue weighted by Gasteiger charge is 2.15. The predicted molar refractivity (Wildman–Crippen MR) is 75.0 cm³/mol. The minimum atomic E-state index is -0.895. The monoisotopic (exact) mass is 292 g/mol. The average molecular weight is 292 g/mol. The summed E-state index contributed by atoms with van der Waals surface area (Å²) in [7, 11) is 1.58. The molecule has 1 heterocycles. The molecule has 7 nitrogen and oxygen atoms in total. The fraction of sp³-hybridized carbons (Fsp3) is 0.357. The van der Waals surface area contributed by atoms with E-state index in [0.29, 0.717) is 24.1 Å². The number of oxazole rings is 1. The maximum atomic E-state index is 12.1. The molecule has 21 heavy (non-hydrogen) atoms. The summed E-state index contributed by atoms with van der Waals surface area (Å²) in [5, 5.41) is 8.57. The van der Waals surface area contributed by atoms with Crippen LogP contribution in [0.15, 0.2) is 33.5 Å². The molecule has 0 saturated carbocycles. The van der Waals surface area contributed by atoms with Crippen molar-refractivity contribution in [2.45, 2.75) is 19.4 Å². The van der Waals surface area contributed by atoms with Gasteiger partial charge in [0.1, 0.15) is 6.54 Å². The molecule has 1 N–H and O–H groups in total. The summed E-state index contributed by atoms with van der Waals surface area (Å²) in [6, 6.07) is 6.87. The van der Waals surface area contributed by atoms with Gasteiger partial charge in [-0.1, -0.05) is 12.1 Å². The molecule has 0 atom stereocenters. The summed E-state index contributed by atoms with van der Waals surface area (Å²) in [5.74, 6) is -1.74. The van der Waals surface area contributed by atoms with E-state index in [0.717, 1.165) is 0 Å². The van der Waals surface area contributed by atoms with Gasteiger partial charge >= 0.3 is 11.7 Å². The lowest BCUT2D eigenvalue weighted by Crippen LogP contribution is -2.33. The van der Waals surface area contributed by atoms with Crippen LogP contribution in [0.4, 0.5) is 0 Å². The van der Waals surface area contributed by atoms with Crippen LogP contribution in [-0.4, -0.2) is 40.0 Å². The fourth-order valence-corrected chi connectivity index (χ4v) is 2.01. The van der Waals surface area contributed by atoms with Crippen molar-refractivity contribution >= 4 is 23.0 Å². The van der Waals surface area contributed by atoms with Gasteiger partial charge in [0.2, 0.25) is 5.91 Å². The zero-order valence-electron chi connectivity index (χ0n) is 11.6. The minimum Gasteiger partial charge on any atom is -0.481 e. The van der Waals surface area contributed by atoms with Crippen molar-refractivity contribution in [2.75, 3.05) is 13.6 Å². The lowest BCUT2D eigenvalue weighted by molar-refractivity contribution is -0.138. The van der Waals surface area contributed by atoms with Crippen LogP contribution in [-0.2, 0) is 16.1 Å². The maximum absolute atomic E-state index is 12.1. The van der Waals surface area contributed by atoms with Crippen molar-refractivity contribution in [3.8, 4) is 0 Å². The lowest BCUT2D eigenvalue weighted by Gasteiger charge is -2.16. The zero-order valence-corrected chi connectivity index (χ0v) is 11.6. The van der Waals surface area contributed by atoms with Crippen LogP contribution < -0.4 is 5.76 Å². The summed E-state index contributed by atoms with van der Waals surface area (Å²) in [6.07, 6.45) is 0.380. The van der Waals surface area contributed by atoms with Crippen molar-refractivity contribution in [1.29, 1.82) is 0 Å². The minimum absolute atomic E-state index is 0.00616. The molecular weight excluding hydrogens is 276 g/mol. The van der Waals surface area contributed by atoms with Gasteiger partial charge in [-0.15, -0.1) is 0 Å². The van der Waals surface area contributed by atoms with Crippen molar-refractivity contribution in [3.05, 3.63) is 34.8 Å². The molecule has 0 aliphatic carbocycles. The van der Waals surface area contributed by atoms with Gasteiger partial charge in [-0.2, -0.15) is 0 Å². The standard InChI is InChI=1S/C14H16N2O5/c1-15(8-4-7-13(18)19)12(17)9-16-10-5-2-3-6-11(10)21-14(16)20/h2-3,5-6H,4,7-9H2,1H3,(H,18,19). The highest BCUT2D eigenvalue weighted by atomic mass is 16.4. The van der Waals surface area contributed by atoms with Gasteiger partial charge in [-0.25, -0.2) is 4.79 Å². The molecule has 1 amide bonds. The Morgan fingerprint density at radius 3 is 2.76 bits per heavy atom. The molecule has 2 rings (SSSR count). The van der Waals surface area contributed by atoms with E-state index in [1.165, 1.54) is 9.47 Å². The molecule has 0 radical (unpaired) electrons. The first-order chi connectivity index (χ1) is 9.99. The second-order valence-electron chi connectivity index (χ2n) is 4.73. The second kappa shape index (κ2) is 6.25. The van der Waals surface area contributed by atoms with Gasteiger partial charge in [0.15, 0.2) is 5.58 Å². The third kappa shape index (κ3) is 3.50. The molecule has 0 unspecified atom stereocenters. The first-order valence-electron chi connectivity index (χ1n) is 6.53. The summed E-state index contributed by atoms with van der Waals surface area (Å²) in [4.78, 5) is 35.7. The Labute approximate surface area is 120 Å². The molecule has 0 aliphatic rings. The number of rotatable bonds is 6. The van der Waals surface area contributed by atoms with E-state index in [1.807, 2.05) is 0 Å². The predicted octanol–water partition coefficient (Wildman–Crippen LogP) is 0.918. The van der Waals surface area contributed by atoms with Crippen molar-refractivity contribution in [1.82, 2.24) is 9.47 Å². The summed E-state index contributed by atoms with van der Waals surface area (Å²) < 4.78 is 6.32. The van der Waals surface area contributed by atoms with Crippen LogP contribution in [0.1, 0.15) is 12.8 Å². The summed E-state index contributed by atoms with van der Waals surface area (Å²) in [6.45, 7) is 0.203. The first kappa shape index (κ1) is 14.8. The van der Waals surface area contributed by atoms with Crippen LogP contribution in [0.25, 0.3) is 11.1 Å². The Hall–Kier alpha value is -2.57. The van der Waals surface area contributed by atoms with Gasteiger partial charge in [0.25, 0.3) is 0 Å². The fourth-order valence-electron chi connectivity index (χ4n) is 2.01. The number of hydrogen-bond acceptors (Lipinski definition) is 4. The number of para-hydroxylation sites is 2. The molecule has 0 spiro atoms. The normalized spacial score (nSPS) is 10.7. The molecule has 0 fully saturated rings. The van der Waals surface area contributed by atoms with E-state index >= 15 is 0 Å². The Balaban J connectivity index is 2.06. The number of nitrogens with zero attached hydrogens (tertiary/aromatic N) is 2. The Morgan fingerprint density at radius 2 is 2.05 bits per heavy atom. The van der Waals surface area contributed by atoms with Crippen LogP contribution >= 0.6 is 0 Å². The highest BCUT2D eigenvalue weighted by Crippen LogP contribution is 2.11. The number of benzene rings is 1. The molecule has 112 valence electrons. The largest absolute Gasteiger partial charge is 0.481 e. The SMILES string of the molecule is CN(CCCC(=O)O)C(=O)Cn1c(=O)oc2ccccc21. The van der Waals surface area contributed by atoms with Gasteiger partial charge in [-0.05, 0) is 18.6 Å². The van der Waals surface area contributed by atoms with Crippen molar-refractivity contribution < 1.29 is 19.1 Å². The van der Waals surface area contributed by atoms with E-state index in [9.17, 15) is 14.4 Å². The molecule has 1 aromatic carbocycles. The Kier molecular flexibility index (Phi) is 4.42. The molecular formula is C14H16N2O5. The quantitative estimate of drug-likeness (QED) is 0.854. The summed E-state index contributed by atoms with van der Waals surface area (Å²) >= 11 is 0. The second-order valence-corrected chi connectivity index (χ2v) is 4.73. The van der Waals surface area contributed by atoms with E-state index < -0.39 is 11.7 Å². The number of carbonyl (C=O) groups excluding carboxylic acids is 1. The highest BCUT2D eigenvalue weighted by molar-refractivity contribution is 5.79. The van der Waals surface area contributed by atoms with Gasteiger partial charge in [0, 0.05) is 20.0 Å². The number of aliphatic carboxylic acids is 1. The number of amides is 1. The molecule has 2 aromatic rings. The number of aromatic nitrogens is 1. The Bertz CT molecular complexity index is 715. The van der Waals surface area contributed by atoms with E-state index in [4.69, 9.17) is 9.52 Å². The van der Waals surface area contributed by atoms with E-state index in [2.05, 4.69) is 0 Å². The number of carboxylic acid groups (broad SMARTS) is 1. The zero-order chi connectivity index (χ0) is 15.4. The van der Waals surface area contributed by atoms with Crippen LogP contribution in [0.3, 0.4) is 0 Å². The van der Waals surface area contributed by atoms with Gasteiger partial charge < -0.3 is 14.4 Å². The molecule has 0 bridgehead atoms. The van der Waals surface area contributed by atoms with Crippen molar-refractivity contribution in [3.63, 3.8) is 0 Å². The van der Waals surface area contributed by atoms with Crippen LogP contribution in [0.5, 0.6) is 0 Å². The molecule has 0 aliphatic heterocycles. The number of likely N-dealkylation sites (N-methyl/N-ethyl adjacent to an activating group) is 1. The molecule has 1 aromatic heterocycles. The van der Waals surface area contributed by atoms with E-state index in [-0.39, 0.29) is 18.9 Å². The Morgan fingerprint density at radius 1 is 1.33 bits per heavy atom. The van der Waals surface area contributed by atoms with Gasteiger partial charge in [-0.3, -0.25) is 14.2 Å². The van der Waals surface area contributed by atoms with Crippen LogP contribution in [0, 0.1) is 0 Å². The van der Waals surface area contributed by atoms with E-state index in [1.54, 1.807) is 31.3 Å². The average Bonchev–Trinajstić information content (AvgIpc) is 2.74. The summed E-state index contributed by atoms with van der Waals surface area (Å²) in [5.41, 5.74) is 0.999. The maximum Gasteiger partial charge on any atom is 0.420 e. The number of hydrogen-bond donors (Lipinski definition) is 1.